The largest absolute Gasteiger partial charge is 0.366 e. The van der Waals surface area contributed by atoms with Crippen LogP contribution in [0.1, 0.15) is 25.6 Å². The summed E-state index contributed by atoms with van der Waals surface area (Å²) in [6.07, 6.45) is 2.77. The topological polar surface area (TPSA) is 70.0 Å². The van der Waals surface area contributed by atoms with Gasteiger partial charge in [0.1, 0.15) is 5.03 Å². The van der Waals surface area contributed by atoms with Crippen LogP contribution in [0.4, 0.5) is 0 Å². The van der Waals surface area contributed by atoms with Crippen molar-refractivity contribution < 1.29 is 4.79 Å². The standard InChI is InChI=1S/C16H17Cl2N3O2S/c1-9(2)21-15(24-12-7-10(17)6-11(18)8-12)13(4-5-14(19)22)20(3)16(21)23/h4-9H,1-3H3,(H2,19,22)/b5-4+. The highest BCUT2D eigenvalue weighted by molar-refractivity contribution is 7.99. The van der Waals surface area contributed by atoms with Crippen LogP contribution in [0.15, 0.2) is 39.0 Å². The summed E-state index contributed by atoms with van der Waals surface area (Å²) in [6, 6.07) is 5.11. The van der Waals surface area contributed by atoms with Crippen LogP contribution in [0.25, 0.3) is 6.08 Å². The predicted octanol–water partition coefficient (Wildman–Crippen LogP) is 3.72. The second-order valence-electron chi connectivity index (χ2n) is 5.44. The Bertz CT molecular complexity index is 849. The van der Waals surface area contributed by atoms with E-state index in [2.05, 4.69) is 0 Å². The molecule has 0 spiro atoms. The predicted molar refractivity (Wildman–Crippen MR) is 98.9 cm³/mol. The second kappa shape index (κ2) is 7.51. The van der Waals surface area contributed by atoms with E-state index in [1.807, 2.05) is 13.8 Å². The monoisotopic (exact) mass is 385 g/mol. The molecule has 0 fully saturated rings. The number of rotatable bonds is 5. The smallest absolute Gasteiger partial charge is 0.329 e. The van der Waals surface area contributed by atoms with E-state index in [9.17, 15) is 9.59 Å². The summed E-state index contributed by atoms with van der Waals surface area (Å²) in [6.45, 7) is 3.83. The summed E-state index contributed by atoms with van der Waals surface area (Å²) in [5, 5.41) is 1.70. The Kier molecular flexibility index (Phi) is 5.85. The maximum absolute atomic E-state index is 12.5. The number of halogens is 2. The SMILES string of the molecule is CC(C)n1c(Sc2cc(Cl)cc(Cl)c2)c(/C=C/C(N)=O)n(C)c1=O. The lowest BCUT2D eigenvalue weighted by Gasteiger charge is -2.11. The molecule has 24 heavy (non-hydrogen) atoms. The number of nitrogens with two attached hydrogens (primary N) is 1. The molecule has 2 aromatic rings. The first-order valence-electron chi connectivity index (χ1n) is 7.13. The lowest BCUT2D eigenvalue weighted by molar-refractivity contribution is -0.113. The molecule has 0 radical (unpaired) electrons. The van der Waals surface area contributed by atoms with E-state index in [0.29, 0.717) is 20.8 Å². The Hall–Kier alpha value is -1.63. The summed E-state index contributed by atoms with van der Waals surface area (Å²) in [5.41, 5.74) is 5.59. The number of hydrogen-bond acceptors (Lipinski definition) is 3. The van der Waals surface area contributed by atoms with Gasteiger partial charge in [0.05, 0.1) is 5.69 Å². The maximum Gasteiger partial charge on any atom is 0.329 e. The molecule has 8 heteroatoms. The molecular weight excluding hydrogens is 369 g/mol. The van der Waals surface area contributed by atoms with Gasteiger partial charge < -0.3 is 5.73 Å². The highest BCUT2D eigenvalue weighted by atomic mass is 35.5. The molecule has 0 aliphatic heterocycles. The molecule has 0 aliphatic rings. The number of imidazole rings is 1. The van der Waals surface area contributed by atoms with Crippen LogP contribution in [0.5, 0.6) is 0 Å². The molecule has 0 aliphatic carbocycles. The lowest BCUT2D eigenvalue weighted by Crippen LogP contribution is -2.24. The molecule has 0 bridgehead atoms. The van der Waals surface area contributed by atoms with Gasteiger partial charge in [-0.1, -0.05) is 35.0 Å². The van der Waals surface area contributed by atoms with Crippen LogP contribution < -0.4 is 11.4 Å². The van der Waals surface area contributed by atoms with Gasteiger partial charge in [0.15, 0.2) is 0 Å². The van der Waals surface area contributed by atoms with Gasteiger partial charge in [-0.05, 0) is 38.1 Å². The Labute approximate surface area is 154 Å². The van der Waals surface area contributed by atoms with Gasteiger partial charge in [-0.3, -0.25) is 13.9 Å². The number of amides is 1. The third-order valence-electron chi connectivity index (χ3n) is 3.26. The minimum Gasteiger partial charge on any atom is -0.366 e. The summed E-state index contributed by atoms with van der Waals surface area (Å²) in [4.78, 5) is 24.4. The van der Waals surface area contributed by atoms with E-state index < -0.39 is 5.91 Å². The van der Waals surface area contributed by atoms with Gasteiger partial charge in [0.25, 0.3) is 0 Å². The van der Waals surface area contributed by atoms with Gasteiger partial charge in [-0.25, -0.2) is 4.79 Å². The summed E-state index contributed by atoms with van der Waals surface area (Å²) in [7, 11) is 1.65. The average Bonchev–Trinajstić information content (AvgIpc) is 2.67. The van der Waals surface area contributed by atoms with E-state index >= 15 is 0 Å². The summed E-state index contributed by atoms with van der Waals surface area (Å²) in [5.74, 6) is -0.582. The molecule has 128 valence electrons. The third-order valence-corrected chi connectivity index (χ3v) is 4.77. The van der Waals surface area contributed by atoms with E-state index in [4.69, 9.17) is 28.9 Å². The molecular formula is C16H17Cl2N3O2S. The Morgan fingerprint density at radius 3 is 2.33 bits per heavy atom. The number of nitrogens with zero attached hydrogens (tertiary/aromatic N) is 2. The minimum absolute atomic E-state index is 0.0587. The molecule has 0 saturated heterocycles. The van der Waals surface area contributed by atoms with Crippen molar-refractivity contribution >= 4 is 46.9 Å². The van der Waals surface area contributed by atoms with Gasteiger partial charge in [-0.2, -0.15) is 0 Å². The lowest BCUT2D eigenvalue weighted by atomic mass is 10.3. The molecule has 0 unspecified atom stereocenters. The Morgan fingerprint density at radius 1 is 1.25 bits per heavy atom. The molecule has 1 amide bonds. The zero-order valence-electron chi connectivity index (χ0n) is 13.4. The molecule has 1 heterocycles. The van der Waals surface area contributed by atoms with Gasteiger partial charge >= 0.3 is 5.69 Å². The number of benzene rings is 1. The van der Waals surface area contributed by atoms with Crippen molar-refractivity contribution in [1.29, 1.82) is 0 Å². The van der Waals surface area contributed by atoms with E-state index in [0.717, 1.165) is 4.90 Å². The summed E-state index contributed by atoms with van der Waals surface area (Å²) < 4.78 is 3.13. The fourth-order valence-corrected chi connectivity index (χ4v) is 4.17. The zero-order chi connectivity index (χ0) is 18.0. The number of primary amides is 1. The van der Waals surface area contributed by atoms with Crippen molar-refractivity contribution in [2.24, 2.45) is 12.8 Å². The van der Waals surface area contributed by atoms with E-state index in [1.165, 1.54) is 28.5 Å². The normalized spacial score (nSPS) is 11.6. The molecule has 2 N–H and O–H groups in total. The summed E-state index contributed by atoms with van der Waals surface area (Å²) >= 11 is 13.5. The number of carbonyl (C=O) groups is 1. The van der Waals surface area contributed by atoms with Crippen molar-refractivity contribution in [3.8, 4) is 0 Å². The number of hydrogen-bond donors (Lipinski definition) is 1. The van der Waals surface area contributed by atoms with Crippen molar-refractivity contribution in [3.05, 3.63) is 50.5 Å². The van der Waals surface area contributed by atoms with Crippen molar-refractivity contribution in [2.75, 3.05) is 0 Å². The molecule has 1 aromatic carbocycles. The van der Waals surface area contributed by atoms with Crippen molar-refractivity contribution in [3.63, 3.8) is 0 Å². The van der Waals surface area contributed by atoms with Crippen molar-refractivity contribution in [2.45, 2.75) is 29.8 Å². The fraction of sp³-hybridized carbons (Fsp3) is 0.250. The Morgan fingerprint density at radius 2 is 1.83 bits per heavy atom. The molecule has 2 rings (SSSR count). The molecule has 0 atom stereocenters. The number of aromatic nitrogens is 2. The van der Waals surface area contributed by atoms with Crippen LogP contribution in [0, 0.1) is 0 Å². The maximum atomic E-state index is 12.5. The second-order valence-corrected chi connectivity index (χ2v) is 7.37. The van der Waals surface area contributed by atoms with Gasteiger partial charge in [-0.15, -0.1) is 0 Å². The first-order valence-corrected chi connectivity index (χ1v) is 8.70. The fourth-order valence-electron chi connectivity index (χ4n) is 2.22. The average molecular weight is 386 g/mol. The van der Waals surface area contributed by atoms with Gasteiger partial charge in [0.2, 0.25) is 5.91 Å². The van der Waals surface area contributed by atoms with Crippen molar-refractivity contribution in [1.82, 2.24) is 9.13 Å². The minimum atomic E-state index is -0.582. The van der Waals surface area contributed by atoms with E-state index in [1.54, 1.807) is 29.8 Å². The van der Waals surface area contributed by atoms with E-state index in [-0.39, 0.29) is 11.7 Å². The van der Waals surface area contributed by atoms with Gasteiger partial charge in [0, 0.05) is 34.1 Å². The van der Waals surface area contributed by atoms with Crippen LogP contribution in [0.3, 0.4) is 0 Å². The highest BCUT2D eigenvalue weighted by Crippen LogP contribution is 2.35. The van der Waals surface area contributed by atoms with Crippen LogP contribution in [-0.2, 0) is 11.8 Å². The Balaban J connectivity index is 2.63. The molecule has 5 nitrogen and oxygen atoms in total. The quantitative estimate of drug-likeness (QED) is 0.797. The van der Waals surface area contributed by atoms with Crippen LogP contribution >= 0.6 is 35.0 Å². The zero-order valence-corrected chi connectivity index (χ0v) is 15.7. The molecule has 1 aromatic heterocycles. The van der Waals surface area contributed by atoms with Crippen LogP contribution in [-0.4, -0.2) is 15.0 Å². The third kappa shape index (κ3) is 4.06. The number of carbonyl (C=O) groups excluding carboxylic acids is 1. The first kappa shape index (κ1) is 18.7. The van der Waals surface area contributed by atoms with Crippen LogP contribution in [0.2, 0.25) is 10.0 Å². The highest BCUT2D eigenvalue weighted by Gasteiger charge is 2.19. The molecule has 0 saturated carbocycles. The first-order chi connectivity index (χ1) is 11.2.